The monoisotopic (exact) mass is 264 g/mol. The summed E-state index contributed by atoms with van der Waals surface area (Å²) in [6.45, 7) is 3.47. The Hall–Kier alpha value is -1.29. The fraction of sp³-hybridized carbons (Fsp3) is 0.182. The number of carbonyl (C=O) groups excluding carboxylic acids is 1. The molecule has 0 aliphatic heterocycles. The van der Waals surface area contributed by atoms with Crippen molar-refractivity contribution in [3.05, 3.63) is 34.1 Å². The van der Waals surface area contributed by atoms with Crippen molar-refractivity contribution in [1.82, 2.24) is 9.97 Å². The Labute approximate surface area is 95.7 Å². The van der Waals surface area contributed by atoms with Gasteiger partial charge in [-0.3, -0.25) is 9.78 Å². The maximum absolute atomic E-state index is 11.1. The van der Waals surface area contributed by atoms with Gasteiger partial charge >= 0.3 is 0 Å². The Kier molecular flexibility index (Phi) is 2.52. The van der Waals surface area contributed by atoms with E-state index in [-0.39, 0.29) is 5.78 Å². The summed E-state index contributed by atoms with van der Waals surface area (Å²) in [7, 11) is 0. The Morgan fingerprint density at radius 2 is 2.13 bits per heavy atom. The quantitative estimate of drug-likeness (QED) is 0.744. The zero-order valence-corrected chi connectivity index (χ0v) is 10.00. The first-order chi connectivity index (χ1) is 7.08. The Bertz CT molecular complexity index is 552. The molecule has 0 bridgehead atoms. The predicted molar refractivity (Wildman–Crippen MR) is 62.0 cm³/mol. The minimum absolute atomic E-state index is 0.0676. The third kappa shape index (κ3) is 1.90. The summed E-state index contributed by atoms with van der Waals surface area (Å²) in [4.78, 5) is 19.6. The molecule has 1 heterocycles. The van der Waals surface area contributed by atoms with Crippen LogP contribution >= 0.6 is 15.9 Å². The second-order valence-corrected chi connectivity index (χ2v) is 4.28. The number of ketones is 1. The molecule has 3 nitrogen and oxygen atoms in total. The normalized spacial score (nSPS) is 10.6. The van der Waals surface area contributed by atoms with Gasteiger partial charge in [0, 0.05) is 11.4 Å². The molecule has 1 aromatic carbocycles. The number of Topliss-reactive ketones (excluding diaryl/α,β-unsaturated/α-hetero) is 1. The van der Waals surface area contributed by atoms with Gasteiger partial charge in [0.05, 0.1) is 11.7 Å². The van der Waals surface area contributed by atoms with Crippen LogP contribution in [0.15, 0.2) is 22.8 Å². The van der Waals surface area contributed by atoms with Gasteiger partial charge in [-0.05, 0) is 40.5 Å². The second kappa shape index (κ2) is 3.70. The van der Waals surface area contributed by atoms with Crippen LogP contribution in [0, 0.1) is 6.92 Å². The van der Waals surface area contributed by atoms with E-state index in [1.165, 1.54) is 13.1 Å². The highest BCUT2D eigenvalue weighted by atomic mass is 79.9. The lowest BCUT2D eigenvalue weighted by atomic mass is 10.2. The van der Waals surface area contributed by atoms with Crippen LogP contribution in [0.25, 0.3) is 11.0 Å². The highest BCUT2D eigenvalue weighted by molar-refractivity contribution is 9.10. The second-order valence-electron chi connectivity index (χ2n) is 3.43. The zero-order valence-electron chi connectivity index (χ0n) is 8.41. The van der Waals surface area contributed by atoms with Gasteiger partial charge in [0.2, 0.25) is 0 Å². The van der Waals surface area contributed by atoms with Gasteiger partial charge in [-0.25, -0.2) is 4.98 Å². The van der Waals surface area contributed by atoms with Gasteiger partial charge in [-0.1, -0.05) is 0 Å². The van der Waals surface area contributed by atoms with Crippen LogP contribution in [0.5, 0.6) is 0 Å². The molecule has 0 fully saturated rings. The maximum atomic E-state index is 11.1. The van der Waals surface area contributed by atoms with Crippen molar-refractivity contribution in [2.75, 3.05) is 0 Å². The molecule has 0 aliphatic rings. The summed E-state index contributed by atoms with van der Waals surface area (Å²) in [6, 6.07) is 3.89. The molecule has 15 heavy (non-hydrogen) atoms. The molecule has 76 valence electrons. The van der Waals surface area contributed by atoms with Crippen molar-refractivity contribution < 1.29 is 4.79 Å². The van der Waals surface area contributed by atoms with Crippen LogP contribution in [0.3, 0.4) is 0 Å². The van der Waals surface area contributed by atoms with Crippen molar-refractivity contribution >= 4 is 32.7 Å². The highest BCUT2D eigenvalue weighted by Crippen LogP contribution is 2.22. The van der Waals surface area contributed by atoms with Crippen LogP contribution in [-0.2, 0) is 0 Å². The molecule has 0 aliphatic carbocycles. The first kappa shape index (κ1) is 10.2. The van der Waals surface area contributed by atoms with Crippen molar-refractivity contribution in [2.45, 2.75) is 13.8 Å². The molecular formula is C11H9BrN2O. The Morgan fingerprint density at radius 1 is 1.40 bits per heavy atom. The largest absolute Gasteiger partial charge is 0.293 e. The van der Waals surface area contributed by atoms with Crippen LogP contribution in [0.1, 0.15) is 23.0 Å². The number of rotatable bonds is 1. The Morgan fingerprint density at radius 3 is 2.80 bits per heavy atom. The van der Waals surface area contributed by atoms with Gasteiger partial charge < -0.3 is 0 Å². The topological polar surface area (TPSA) is 42.9 Å². The van der Waals surface area contributed by atoms with E-state index in [0.29, 0.717) is 5.69 Å². The van der Waals surface area contributed by atoms with Crippen molar-refractivity contribution in [3.63, 3.8) is 0 Å². The molecule has 0 amide bonds. The highest BCUT2D eigenvalue weighted by Gasteiger charge is 2.06. The molecule has 0 atom stereocenters. The van der Waals surface area contributed by atoms with Gasteiger partial charge in [0.1, 0.15) is 11.2 Å². The summed E-state index contributed by atoms with van der Waals surface area (Å²) < 4.78 is 0.903. The average Bonchev–Trinajstić information content (AvgIpc) is 2.16. The van der Waals surface area contributed by atoms with Crippen molar-refractivity contribution in [1.29, 1.82) is 0 Å². The minimum Gasteiger partial charge on any atom is -0.293 e. The lowest BCUT2D eigenvalue weighted by molar-refractivity contribution is 0.101. The van der Waals surface area contributed by atoms with Crippen LogP contribution < -0.4 is 0 Å². The van der Waals surface area contributed by atoms with Crippen molar-refractivity contribution in [2.24, 2.45) is 0 Å². The Balaban J connectivity index is 2.76. The zero-order chi connectivity index (χ0) is 11.0. The minimum atomic E-state index is -0.0676. The molecule has 0 radical (unpaired) electrons. The van der Waals surface area contributed by atoms with E-state index in [1.807, 2.05) is 19.1 Å². The summed E-state index contributed by atoms with van der Waals surface area (Å²) >= 11 is 3.42. The number of carbonyl (C=O) groups is 1. The smallest absolute Gasteiger partial charge is 0.179 e. The fourth-order valence-corrected chi connectivity index (χ4v) is 2.05. The summed E-state index contributed by atoms with van der Waals surface area (Å²) in [5.41, 5.74) is 3.02. The van der Waals surface area contributed by atoms with Crippen LogP contribution in [-0.4, -0.2) is 15.8 Å². The molecule has 2 aromatic rings. The molecule has 0 unspecified atom stereocenters. The van der Waals surface area contributed by atoms with E-state index < -0.39 is 0 Å². The number of fused-ring (bicyclic) bond motifs is 1. The number of benzene rings is 1. The molecule has 0 saturated heterocycles. The van der Waals surface area contributed by atoms with Gasteiger partial charge in [-0.2, -0.15) is 0 Å². The van der Waals surface area contributed by atoms with E-state index in [9.17, 15) is 4.79 Å². The molecule has 4 heteroatoms. The van der Waals surface area contributed by atoms with Gasteiger partial charge in [0.15, 0.2) is 5.78 Å². The fourth-order valence-electron chi connectivity index (χ4n) is 1.38. The van der Waals surface area contributed by atoms with Gasteiger partial charge in [0.25, 0.3) is 0 Å². The SMILES string of the molecule is CC(=O)c1cnc2c(Br)cc(C)cc2n1. The van der Waals surface area contributed by atoms with Crippen molar-refractivity contribution in [3.8, 4) is 0 Å². The molecule has 2 rings (SSSR count). The average molecular weight is 265 g/mol. The number of halogens is 1. The van der Waals surface area contributed by atoms with Gasteiger partial charge in [-0.15, -0.1) is 0 Å². The van der Waals surface area contributed by atoms with E-state index in [2.05, 4.69) is 25.9 Å². The number of hydrogen-bond acceptors (Lipinski definition) is 3. The number of aromatic nitrogens is 2. The third-order valence-corrected chi connectivity index (χ3v) is 2.71. The van der Waals surface area contributed by atoms with Crippen LogP contribution in [0.2, 0.25) is 0 Å². The standard InChI is InChI=1S/C11H9BrN2O/c1-6-3-8(12)11-9(4-6)14-10(5-13-11)7(2)15/h3-5H,1-2H3. The third-order valence-electron chi connectivity index (χ3n) is 2.11. The summed E-state index contributed by atoms with van der Waals surface area (Å²) in [6.07, 6.45) is 1.50. The number of nitrogens with zero attached hydrogens (tertiary/aromatic N) is 2. The number of aryl methyl sites for hydroxylation is 1. The first-order valence-electron chi connectivity index (χ1n) is 4.52. The molecule has 0 saturated carbocycles. The maximum Gasteiger partial charge on any atom is 0.179 e. The van der Waals surface area contributed by atoms with E-state index in [4.69, 9.17) is 0 Å². The van der Waals surface area contributed by atoms with E-state index >= 15 is 0 Å². The first-order valence-corrected chi connectivity index (χ1v) is 5.31. The van der Waals surface area contributed by atoms with Crippen LogP contribution in [0.4, 0.5) is 0 Å². The summed E-state index contributed by atoms with van der Waals surface area (Å²) in [5.74, 6) is -0.0676. The lowest BCUT2D eigenvalue weighted by Crippen LogP contribution is -1.98. The molecule has 1 aromatic heterocycles. The van der Waals surface area contributed by atoms with E-state index in [1.54, 1.807) is 0 Å². The molecule has 0 spiro atoms. The number of hydrogen-bond donors (Lipinski definition) is 0. The van der Waals surface area contributed by atoms with E-state index in [0.717, 1.165) is 21.1 Å². The lowest BCUT2D eigenvalue weighted by Gasteiger charge is -2.02. The molecular weight excluding hydrogens is 256 g/mol. The predicted octanol–water partition coefficient (Wildman–Crippen LogP) is 2.90. The molecule has 0 N–H and O–H groups in total. The summed E-state index contributed by atoms with van der Waals surface area (Å²) in [5, 5.41) is 0.